The van der Waals surface area contributed by atoms with Crippen LogP contribution in [0.3, 0.4) is 0 Å². The first-order valence-electron chi connectivity index (χ1n) is 11.2. The fraction of sp³-hybridized carbons (Fsp3) is 0.360. The lowest BCUT2D eigenvalue weighted by Crippen LogP contribution is -2.52. The maximum Gasteiger partial charge on any atom is 0.282 e. The number of Topliss-reactive ketones (excluding diaryl/α,β-unsaturated/α-hetero) is 1. The number of hydrogen-bond acceptors (Lipinski definition) is 6. The summed E-state index contributed by atoms with van der Waals surface area (Å²) in [4.78, 5) is 64.1. The van der Waals surface area contributed by atoms with E-state index in [1.165, 1.54) is 24.3 Å². The second kappa shape index (κ2) is 9.17. The van der Waals surface area contributed by atoms with E-state index < -0.39 is 52.5 Å². The molecular weight excluding hydrogens is 438 g/mol. The zero-order valence-electron chi connectivity index (χ0n) is 19.0. The molecule has 9 nitrogen and oxygen atoms in total. The summed E-state index contributed by atoms with van der Waals surface area (Å²) < 4.78 is 0. The number of carbonyl (C=O) groups excluding carboxylic acids is 4. The Hall–Kier alpha value is -3.88. The molecule has 3 amide bonds. The van der Waals surface area contributed by atoms with Gasteiger partial charge in [-0.2, -0.15) is 5.01 Å². The van der Waals surface area contributed by atoms with E-state index in [2.05, 4.69) is 0 Å². The summed E-state index contributed by atoms with van der Waals surface area (Å²) in [5.74, 6) is -3.37. The number of para-hydroxylation sites is 1. The molecule has 1 saturated heterocycles. The summed E-state index contributed by atoms with van der Waals surface area (Å²) in [7, 11) is 0. The summed E-state index contributed by atoms with van der Waals surface area (Å²) >= 11 is 0. The number of nitro groups is 1. The lowest BCUT2D eigenvalue weighted by atomic mass is 9.76. The molecule has 4 rings (SSSR count). The van der Waals surface area contributed by atoms with E-state index in [-0.39, 0.29) is 11.5 Å². The molecular formula is C25H25N3O6. The molecule has 0 bridgehead atoms. The molecule has 0 radical (unpaired) electrons. The third-order valence-electron chi connectivity index (χ3n) is 6.64. The van der Waals surface area contributed by atoms with Crippen molar-refractivity contribution in [1.29, 1.82) is 0 Å². The maximum atomic E-state index is 13.6. The van der Waals surface area contributed by atoms with Crippen molar-refractivity contribution in [1.82, 2.24) is 10.0 Å². The number of imide groups is 1. The molecule has 0 aromatic heterocycles. The summed E-state index contributed by atoms with van der Waals surface area (Å²) in [6.07, 6.45) is 1.83. The van der Waals surface area contributed by atoms with Gasteiger partial charge in [0.1, 0.15) is 12.1 Å². The number of rotatable bonds is 6. The van der Waals surface area contributed by atoms with Gasteiger partial charge in [-0.3, -0.25) is 29.3 Å². The lowest BCUT2D eigenvalue weighted by molar-refractivity contribution is -0.385. The van der Waals surface area contributed by atoms with Crippen molar-refractivity contribution in [2.24, 2.45) is 17.8 Å². The lowest BCUT2D eigenvalue weighted by Gasteiger charge is -2.30. The Balaban J connectivity index is 1.74. The van der Waals surface area contributed by atoms with E-state index in [9.17, 15) is 29.3 Å². The Morgan fingerprint density at radius 1 is 1.03 bits per heavy atom. The average Bonchev–Trinajstić information content (AvgIpc) is 3.06. The normalized spacial score (nSPS) is 21.8. The number of nitrogens with zero attached hydrogens (tertiary/aromatic N) is 3. The highest BCUT2D eigenvalue weighted by atomic mass is 16.6. The number of amides is 3. The molecule has 1 saturated carbocycles. The molecule has 0 spiro atoms. The van der Waals surface area contributed by atoms with Gasteiger partial charge in [-0.05, 0) is 38.2 Å². The quantitative estimate of drug-likeness (QED) is 0.280. The predicted octanol–water partition coefficient (Wildman–Crippen LogP) is 3.56. The third-order valence-corrected chi connectivity index (χ3v) is 6.64. The minimum absolute atomic E-state index is 0.256. The second-order valence-electron chi connectivity index (χ2n) is 9.05. The SMILES string of the molecule is Cc1ccc(C(=O)CN(C(=O)c2ccccc2[N+](=O)[O-])N2C(=O)[C@H]3C[C@H](C)CC[C@H]3C2=O)cc1. The molecule has 0 unspecified atom stereocenters. The van der Waals surface area contributed by atoms with Crippen LogP contribution >= 0.6 is 0 Å². The second-order valence-corrected chi connectivity index (χ2v) is 9.05. The molecule has 176 valence electrons. The zero-order chi connectivity index (χ0) is 24.6. The number of hydrogen-bond donors (Lipinski definition) is 0. The maximum absolute atomic E-state index is 13.6. The molecule has 2 fully saturated rings. The van der Waals surface area contributed by atoms with Gasteiger partial charge < -0.3 is 0 Å². The highest BCUT2D eigenvalue weighted by Gasteiger charge is 2.53. The monoisotopic (exact) mass is 463 g/mol. The van der Waals surface area contributed by atoms with E-state index in [1.807, 2.05) is 13.8 Å². The van der Waals surface area contributed by atoms with Crippen molar-refractivity contribution in [2.45, 2.75) is 33.1 Å². The van der Waals surface area contributed by atoms with Gasteiger partial charge in [0.05, 0.1) is 16.8 Å². The Labute approximate surface area is 196 Å². The van der Waals surface area contributed by atoms with Gasteiger partial charge in [0.2, 0.25) is 0 Å². The van der Waals surface area contributed by atoms with Crippen LogP contribution in [0.15, 0.2) is 48.5 Å². The van der Waals surface area contributed by atoms with Crippen molar-refractivity contribution in [3.8, 4) is 0 Å². The molecule has 9 heteroatoms. The average molecular weight is 463 g/mol. The predicted molar refractivity (Wildman–Crippen MR) is 121 cm³/mol. The third kappa shape index (κ3) is 4.21. The van der Waals surface area contributed by atoms with E-state index in [1.54, 1.807) is 24.3 Å². The minimum Gasteiger partial charge on any atom is -0.292 e. The molecule has 1 aliphatic heterocycles. The highest BCUT2D eigenvalue weighted by molar-refractivity contribution is 6.10. The van der Waals surface area contributed by atoms with Crippen LogP contribution in [0.25, 0.3) is 0 Å². The number of benzene rings is 2. The van der Waals surface area contributed by atoms with Crippen molar-refractivity contribution in [3.63, 3.8) is 0 Å². The summed E-state index contributed by atoms with van der Waals surface area (Å²) in [6, 6.07) is 12.0. The number of carbonyl (C=O) groups is 4. The molecule has 3 atom stereocenters. The molecule has 2 aromatic carbocycles. The Bertz CT molecular complexity index is 1180. The van der Waals surface area contributed by atoms with Gasteiger partial charge in [-0.15, -0.1) is 0 Å². The van der Waals surface area contributed by atoms with Crippen LogP contribution in [0.4, 0.5) is 5.69 Å². The number of aryl methyl sites for hydroxylation is 1. The highest BCUT2D eigenvalue weighted by Crippen LogP contribution is 2.41. The van der Waals surface area contributed by atoms with Crippen LogP contribution in [0.2, 0.25) is 0 Å². The molecule has 1 aliphatic carbocycles. The number of nitro benzene ring substituents is 1. The van der Waals surface area contributed by atoms with Crippen molar-refractivity contribution in [2.75, 3.05) is 6.54 Å². The van der Waals surface area contributed by atoms with Crippen molar-refractivity contribution < 1.29 is 24.1 Å². The summed E-state index contributed by atoms with van der Waals surface area (Å²) in [6.45, 7) is 3.27. The Morgan fingerprint density at radius 2 is 1.68 bits per heavy atom. The fourth-order valence-corrected chi connectivity index (χ4v) is 4.76. The summed E-state index contributed by atoms with van der Waals surface area (Å²) in [5, 5.41) is 13.1. The fourth-order valence-electron chi connectivity index (χ4n) is 4.76. The Kier molecular flexibility index (Phi) is 6.28. The zero-order valence-corrected chi connectivity index (χ0v) is 19.0. The smallest absolute Gasteiger partial charge is 0.282 e. The standard InChI is InChI=1S/C25H25N3O6/c1-15-7-10-17(11-8-15)22(29)14-26(23(30)19-5-3-4-6-21(19)28(33)34)27-24(31)18-12-9-16(2)13-20(18)25(27)32/h3-8,10-11,16,18,20H,9,12-14H2,1-2H3/t16-,18-,20+/m1/s1. The van der Waals surface area contributed by atoms with E-state index in [0.717, 1.165) is 22.0 Å². The van der Waals surface area contributed by atoms with Gasteiger partial charge >= 0.3 is 0 Å². The first-order valence-corrected chi connectivity index (χ1v) is 11.2. The van der Waals surface area contributed by atoms with Crippen LogP contribution in [-0.2, 0) is 9.59 Å². The first kappa shape index (κ1) is 23.3. The van der Waals surface area contributed by atoms with Crippen molar-refractivity contribution in [3.05, 3.63) is 75.3 Å². The molecule has 2 aromatic rings. The van der Waals surface area contributed by atoms with Crippen LogP contribution in [0, 0.1) is 34.8 Å². The van der Waals surface area contributed by atoms with Crippen LogP contribution in [-0.4, -0.2) is 45.0 Å². The minimum atomic E-state index is -0.943. The topological polar surface area (TPSA) is 118 Å². The summed E-state index contributed by atoms with van der Waals surface area (Å²) in [5.41, 5.74) is 0.474. The van der Waals surface area contributed by atoms with Gasteiger partial charge in [0.15, 0.2) is 5.78 Å². The van der Waals surface area contributed by atoms with Gasteiger partial charge in [0, 0.05) is 11.6 Å². The largest absolute Gasteiger partial charge is 0.292 e. The van der Waals surface area contributed by atoms with E-state index in [4.69, 9.17) is 0 Å². The van der Waals surface area contributed by atoms with E-state index in [0.29, 0.717) is 18.4 Å². The number of hydrazine groups is 1. The number of ketones is 1. The van der Waals surface area contributed by atoms with Crippen LogP contribution in [0.5, 0.6) is 0 Å². The molecule has 34 heavy (non-hydrogen) atoms. The first-order chi connectivity index (χ1) is 16.2. The molecule has 0 N–H and O–H groups in total. The number of fused-ring (bicyclic) bond motifs is 1. The Morgan fingerprint density at radius 3 is 2.35 bits per heavy atom. The van der Waals surface area contributed by atoms with E-state index >= 15 is 0 Å². The molecule has 1 heterocycles. The van der Waals surface area contributed by atoms with Crippen molar-refractivity contribution >= 4 is 29.2 Å². The van der Waals surface area contributed by atoms with Gasteiger partial charge in [0.25, 0.3) is 23.4 Å². The molecule has 2 aliphatic rings. The van der Waals surface area contributed by atoms with Gasteiger partial charge in [-0.25, -0.2) is 5.01 Å². The van der Waals surface area contributed by atoms with Crippen LogP contribution in [0.1, 0.15) is 52.5 Å². The van der Waals surface area contributed by atoms with Gasteiger partial charge in [-0.1, -0.05) is 48.9 Å². The van der Waals surface area contributed by atoms with Crippen LogP contribution < -0.4 is 0 Å².